The molecule has 2 rings (SSSR count). The molecule has 2 nitrogen and oxygen atoms in total. The number of para-hydroxylation sites is 1. The number of aliphatic hydroxyl groups excluding tert-OH is 1. The third-order valence-electron chi connectivity index (χ3n) is 2.74. The fraction of sp³-hybridized carbons (Fsp3) is 0.200. The molecule has 0 aliphatic rings. The summed E-state index contributed by atoms with van der Waals surface area (Å²) in [5.41, 5.74) is 1.43. The van der Waals surface area contributed by atoms with Gasteiger partial charge in [-0.2, -0.15) is 0 Å². The summed E-state index contributed by atoms with van der Waals surface area (Å²) in [6, 6.07) is 11.7. The summed E-state index contributed by atoms with van der Waals surface area (Å²) in [5.74, 6) is 0.787. The van der Waals surface area contributed by atoms with Crippen molar-refractivity contribution in [1.29, 1.82) is 0 Å². The molecule has 0 fully saturated rings. The van der Waals surface area contributed by atoms with E-state index in [1.165, 1.54) is 18.2 Å². The number of aryl methyl sites for hydroxylation is 1. The first-order valence-electron chi connectivity index (χ1n) is 5.79. The van der Waals surface area contributed by atoms with Crippen molar-refractivity contribution in [3.05, 3.63) is 59.4 Å². The zero-order valence-electron chi connectivity index (χ0n) is 10.4. The van der Waals surface area contributed by atoms with Crippen LogP contribution in [0.25, 0.3) is 0 Å². The zero-order valence-corrected chi connectivity index (χ0v) is 10.4. The van der Waals surface area contributed by atoms with Gasteiger partial charge >= 0.3 is 0 Å². The average Bonchev–Trinajstić information content (AvgIpc) is 2.34. The van der Waals surface area contributed by atoms with Gasteiger partial charge in [0.1, 0.15) is 17.3 Å². The topological polar surface area (TPSA) is 29.5 Å². The molecule has 94 valence electrons. The molecule has 0 aliphatic carbocycles. The van der Waals surface area contributed by atoms with E-state index in [9.17, 15) is 9.50 Å². The van der Waals surface area contributed by atoms with Crippen LogP contribution < -0.4 is 4.74 Å². The Morgan fingerprint density at radius 2 is 1.83 bits per heavy atom. The van der Waals surface area contributed by atoms with Crippen LogP contribution in [0.15, 0.2) is 42.5 Å². The minimum Gasteiger partial charge on any atom is -0.457 e. The molecule has 3 heteroatoms. The molecule has 2 aromatic carbocycles. The van der Waals surface area contributed by atoms with Crippen LogP contribution in [0, 0.1) is 12.7 Å². The summed E-state index contributed by atoms with van der Waals surface area (Å²) in [5, 5.41) is 9.63. The quantitative estimate of drug-likeness (QED) is 0.887. The molecule has 0 spiro atoms. The Labute approximate surface area is 106 Å². The molecule has 0 radical (unpaired) electrons. The maximum Gasteiger partial charge on any atom is 0.133 e. The highest BCUT2D eigenvalue weighted by molar-refractivity contribution is 5.41. The van der Waals surface area contributed by atoms with E-state index in [0.29, 0.717) is 17.1 Å². The highest BCUT2D eigenvalue weighted by Gasteiger charge is 2.12. The van der Waals surface area contributed by atoms with Gasteiger partial charge in [-0.3, -0.25) is 0 Å². The van der Waals surface area contributed by atoms with Gasteiger partial charge in [-0.15, -0.1) is 0 Å². The van der Waals surface area contributed by atoms with Gasteiger partial charge in [0.05, 0.1) is 6.10 Å². The third-order valence-corrected chi connectivity index (χ3v) is 2.74. The number of aliphatic hydroxyl groups is 1. The maximum atomic E-state index is 13.2. The van der Waals surface area contributed by atoms with Gasteiger partial charge in [0.15, 0.2) is 0 Å². The van der Waals surface area contributed by atoms with Crippen molar-refractivity contribution in [2.45, 2.75) is 20.0 Å². The SMILES string of the molecule is Cc1ccccc1Oc1ccc(F)cc1C(C)O. The Bertz CT molecular complexity index is 550. The van der Waals surface area contributed by atoms with Crippen LogP contribution in [0.3, 0.4) is 0 Å². The summed E-state index contributed by atoms with van der Waals surface area (Å²) >= 11 is 0. The molecule has 18 heavy (non-hydrogen) atoms. The number of hydrogen-bond acceptors (Lipinski definition) is 2. The van der Waals surface area contributed by atoms with E-state index < -0.39 is 6.10 Å². The van der Waals surface area contributed by atoms with Crippen molar-refractivity contribution < 1.29 is 14.2 Å². The van der Waals surface area contributed by atoms with E-state index in [1.807, 2.05) is 31.2 Å². The molecule has 2 aromatic rings. The standard InChI is InChI=1S/C15H15FO2/c1-10-5-3-4-6-14(10)18-15-8-7-12(16)9-13(15)11(2)17/h3-9,11,17H,1-2H3. The van der Waals surface area contributed by atoms with Gasteiger partial charge in [0, 0.05) is 5.56 Å². The molecule has 0 amide bonds. The maximum absolute atomic E-state index is 13.2. The highest BCUT2D eigenvalue weighted by Crippen LogP contribution is 2.31. The Hall–Kier alpha value is -1.87. The van der Waals surface area contributed by atoms with Crippen molar-refractivity contribution in [3.63, 3.8) is 0 Å². The van der Waals surface area contributed by atoms with Gasteiger partial charge in [0.25, 0.3) is 0 Å². The number of hydrogen-bond donors (Lipinski definition) is 1. The van der Waals surface area contributed by atoms with E-state index in [2.05, 4.69) is 0 Å². The van der Waals surface area contributed by atoms with Gasteiger partial charge in [-0.25, -0.2) is 4.39 Å². The van der Waals surface area contributed by atoms with E-state index in [4.69, 9.17) is 4.74 Å². The Kier molecular flexibility index (Phi) is 3.63. The summed E-state index contributed by atoms with van der Waals surface area (Å²) in [7, 11) is 0. The molecule has 1 N–H and O–H groups in total. The van der Waals surface area contributed by atoms with Crippen LogP contribution in [0.2, 0.25) is 0 Å². The van der Waals surface area contributed by atoms with Crippen molar-refractivity contribution >= 4 is 0 Å². The van der Waals surface area contributed by atoms with E-state index in [-0.39, 0.29) is 5.82 Å². The van der Waals surface area contributed by atoms with Crippen LogP contribution in [0.4, 0.5) is 4.39 Å². The number of ether oxygens (including phenoxy) is 1. The summed E-state index contributed by atoms with van der Waals surface area (Å²) in [6.45, 7) is 3.51. The second-order valence-corrected chi connectivity index (χ2v) is 4.23. The minimum absolute atomic E-state index is 0.386. The number of benzene rings is 2. The lowest BCUT2D eigenvalue weighted by atomic mass is 10.1. The molecule has 0 aromatic heterocycles. The van der Waals surface area contributed by atoms with Crippen LogP contribution in [-0.4, -0.2) is 5.11 Å². The van der Waals surface area contributed by atoms with Crippen LogP contribution in [-0.2, 0) is 0 Å². The van der Waals surface area contributed by atoms with Gasteiger partial charge < -0.3 is 9.84 Å². The first kappa shape index (κ1) is 12.6. The molecule has 1 atom stereocenters. The highest BCUT2D eigenvalue weighted by atomic mass is 19.1. The summed E-state index contributed by atoms with van der Waals surface area (Å²) < 4.78 is 18.9. The third kappa shape index (κ3) is 2.68. The van der Waals surface area contributed by atoms with E-state index in [0.717, 1.165) is 5.56 Å². The fourth-order valence-electron chi connectivity index (χ4n) is 1.73. The van der Waals surface area contributed by atoms with Gasteiger partial charge in [-0.05, 0) is 43.7 Å². The molecule has 0 saturated heterocycles. The Balaban J connectivity index is 2.37. The molecule has 1 unspecified atom stereocenters. The van der Waals surface area contributed by atoms with Crippen LogP contribution >= 0.6 is 0 Å². The average molecular weight is 246 g/mol. The van der Waals surface area contributed by atoms with Crippen LogP contribution in [0.1, 0.15) is 24.2 Å². The van der Waals surface area contributed by atoms with E-state index in [1.54, 1.807) is 6.92 Å². The first-order valence-corrected chi connectivity index (χ1v) is 5.79. The first-order chi connectivity index (χ1) is 8.58. The predicted octanol–water partition coefficient (Wildman–Crippen LogP) is 3.98. The number of halogens is 1. The Morgan fingerprint density at radius 1 is 1.11 bits per heavy atom. The molecular formula is C15H15FO2. The number of rotatable bonds is 3. The summed E-state index contributed by atoms with van der Waals surface area (Å²) in [4.78, 5) is 0. The molecule has 0 aliphatic heterocycles. The smallest absolute Gasteiger partial charge is 0.133 e. The van der Waals surface area contributed by atoms with Crippen molar-refractivity contribution in [2.75, 3.05) is 0 Å². The van der Waals surface area contributed by atoms with Crippen molar-refractivity contribution in [3.8, 4) is 11.5 Å². The predicted molar refractivity (Wildman–Crippen MR) is 68.3 cm³/mol. The molecular weight excluding hydrogens is 231 g/mol. The second-order valence-electron chi connectivity index (χ2n) is 4.23. The zero-order chi connectivity index (χ0) is 13.1. The largest absolute Gasteiger partial charge is 0.457 e. The molecule has 0 heterocycles. The van der Waals surface area contributed by atoms with E-state index >= 15 is 0 Å². The normalized spacial score (nSPS) is 12.2. The van der Waals surface area contributed by atoms with Gasteiger partial charge in [0.2, 0.25) is 0 Å². The lowest BCUT2D eigenvalue weighted by Gasteiger charge is -2.14. The van der Waals surface area contributed by atoms with Crippen molar-refractivity contribution in [2.24, 2.45) is 0 Å². The summed E-state index contributed by atoms with van der Waals surface area (Å²) in [6.07, 6.45) is -0.778. The molecule has 0 bridgehead atoms. The van der Waals surface area contributed by atoms with Gasteiger partial charge in [-0.1, -0.05) is 18.2 Å². The Morgan fingerprint density at radius 3 is 2.50 bits per heavy atom. The fourth-order valence-corrected chi connectivity index (χ4v) is 1.73. The second kappa shape index (κ2) is 5.19. The molecule has 0 saturated carbocycles. The van der Waals surface area contributed by atoms with Crippen molar-refractivity contribution in [1.82, 2.24) is 0 Å². The monoisotopic (exact) mass is 246 g/mol. The lowest BCUT2D eigenvalue weighted by molar-refractivity contribution is 0.195. The van der Waals surface area contributed by atoms with Crippen LogP contribution in [0.5, 0.6) is 11.5 Å². The minimum atomic E-state index is -0.778. The lowest BCUT2D eigenvalue weighted by Crippen LogP contribution is -1.97.